The maximum Gasteiger partial charge on any atom is 0.306 e. The van der Waals surface area contributed by atoms with Crippen LogP contribution in [0.3, 0.4) is 0 Å². The van der Waals surface area contributed by atoms with Gasteiger partial charge in [-0.05, 0) is 103 Å². The van der Waals surface area contributed by atoms with Crippen molar-refractivity contribution in [2.45, 2.75) is 393 Å². The van der Waals surface area contributed by atoms with E-state index in [-0.39, 0.29) is 31.1 Å². The molecule has 0 saturated heterocycles. The van der Waals surface area contributed by atoms with Crippen LogP contribution in [0.4, 0.5) is 0 Å². The summed E-state index contributed by atoms with van der Waals surface area (Å²) < 4.78 is 16.9. The third kappa shape index (κ3) is 67.9. The van der Waals surface area contributed by atoms with Crippen LogP contribution in [0.5, 0.6) is 0 Å². The molecule has 0 aliphatic heterocycles. The molecule has 0 aliphatic carbocycles. The molecular weight excluding hydrogens is 1010 g/mol. The van der Waals surface area contributed by atoms with E-state index >= 15 is 0 Å². The maximum atomic E-state index is 12.9. The summed E-state index contributed by atoms with van der Waals surface area (Å²) in [5, 5.41) is 0. The number of rotatable bonds is 67. The van der Waals surface area contributed by atoms with E-state index in [2.05, 4.69) is 81.5 Å². The monoisotopic (exact) mass is 1150 g/mol. The molecule has 6 heteroatoms. The van der Waals surface area contributed by atoms with Crippen LogP contribution in [-0.2, 0) is 28.6 Å². The van der Waals surface area contributed by atoms with E-state index in [9.17, 15) is 14.4 Å². The maximum absolute atomic E-state index is 12.9. The fraction of sp³-hybridized carbons (Fsp3) is 0.829. The summed E-state index contributed by atoms with van der Waals surface area (Å²) >= 11 is 0. The number of unbranched alkanes of at least 4 members (excludes halogenated alkanes) is 46. The van der Waals surface area contributed by atoms with Gasteiger partial charge in [-0.1, -0.05) is 326 Å². The van der Waals surface area contributed by atoms with Gasteiger partial charge in [-0.3, -0.25) is 14.4 Å². The molecule has 0 heterocycles. The second-order valence-corrected chi connectivity index (χ2v) is 24.5. The molecule has 0 spiro atoms. The van der Waals surface area contributed by atoms with Gasteiger partial charge in [-0.2, -0.15) is 0 Å². The van der Waals surface area contributed by atoms with Crippen LogP contribution in [0.15, 0.2) is 60.8 Å². The molecular formula is C76H138O6. The highest BCUT2D eigenvalue weighted by molar-refractivity contribution is 5.71. The summed E-state index contributed by atoms with van der Waals surface area (Å²) in [5.74, 6) is -0.877. The summed E-state index contributed by atoms with van der Waals surface area (Å²) in [4.78, 5) is 38.3. The molecule has 0 aromatic carbocycles. The lowest BCUT2D eigenvalue weighted by molar-refractivity contribution is -0.167. The minimum atomic E-state index is -0.782. The number of allylic oxidation sites excluding steroid dienone is 10. The molecule has 0 fully saturated rings. The van der Waals surface area contributed by atoms with Crippen molar-refractivity contribution in [1.29, 1.82) is 0 Å². The molecule has 6 nitrogen and oxygen atoms in total. The lowest BCUT2D eigenvalue weighted by Crippen LogP contribution is -2.30. The van der Waals surface area contributed by atoms with Gasteiger partial charge >= 0.3 is 17.9 Å². The number of carbonyl (C=O) groups excluding carboxylic acids is 3. The SMILES string of the molecule is CC/C=C\C/C=C\C/C=C\CCCCCCCCCC(=O)OC(COC(=O)CCCCCCC/C=C\CCCCC)COC(=O)CCCCCCCCCCCCCCCCCCCCCCCCC/C=C\CCCCCCCCCC. The normalized spacial score (nSPS) is 12.4. The summed E-state index contributed by atoms with van der Waals surface area (Å²) in [7, 11) is 0. The fourth-order valence-electron chi connectivity index (χ4n) is 10.8. The van der Waals surface area contributed by atoms with Gasteiger partial charge in [-0.15, -0.1) is 0 Å². The predicted octanol–water partition coefficient (Wildman–Crippen LogP) is 25.1. The minimum Gasteiger partial charge on any atom is -0.462 e. The van der Waals surface area contributed by atoms with Crippen LogP contribution in [0.2, 0.25) is 0 Å². The molecule has 0 saturated carbocycles. The molecule has 0 aromatic rings. The van der Waals surface area contributed by atoms with E-state index in [4.69, 9.17) is 14.2 Å². The van der Waals surface area contributed by atoms with Crippen LogP contribution in [0, 0.1) is 0 Å². The van der Waals surface area contributed by atoms with Gasteiger partial charge in [0.15, 0.2) is 6.10 Å². The Morgan fingerprint density at radius 1 is 0.256 bits per heavy atom. The third-order valence-corrected chi connectivity index (χ3v) is 16.2. The number of hydrogen-bond donors (Lipinski definition) is 0. The predicted molar refractivity (Wildman–Crippen MR) is 358 cm³/mol. The second-order valence-electron chi connectivity index (χ2n) is 24.5. The van der Waals surface area contributed by atoms with Crippen molar-refractivity contribution in [3.8, 4) is 0 Å². The number of ether oxygens (including phenoxy) is 3. The number of carbonyl (C=O) groups is 3. The van der Waals surface area contributed by atoms with Gasteiger partial charge in [-0.25, -0.2) is 0 Å². The number of hydrogen-bond acceptors (Lipinski definition) is 6. The zero-order valence-electron chi connectivity index (χ0n) is 55.0. The highest BCUT2D eigenvalue weighted by Crippen LogP contribution is 2.18. The Bertz CT molecular complexity index is 1460. The first-order chi connectivity index (χ1) is 40.5. The molecule has 0 bridgehead atoms. The summed E-state index contributed by atoms with van der Waals surface area (Å²) in [6, 6.07) is 0. The van der Waals surface area contributed by atoms with Crippen LogP contribution in [0.1, 0.15) is 387 Å². The van der Waals surface area contributed by atoms with Crippen LogP contribution in [-0.4, -0.2) is 37.2 Å². The lowest BCUT2D eigenvalue weighted by atomic mass is 10.0. The van der Waals surface area contributed by atoms with E-state index in [1.807, 2.05) is 0 Å². The van der Waals surface area contributed by atoms with Crippen molar-refractivity contribution in [3.05, 3.63) is 60.8 Å². The molecule has 0 amide bonds. The van der Waals surface area contributed by atoms with E-state index in [0.29, 0.717) is 19.3 Å². The zero-order valence-corrected chi connectivity index (χ0v) is 55.0. The zero-order chi connectivity index (χ0) is 59.2. The van der Waals surface area contributed by atoms with Crippen molar-refractivity contribution in [1.82, 2.24) is 0 Å². The average molecular weight is 1150 g/mol. The molecule has 0 N–H and O–H groups in total. The Kier molecular flexibility index (Phi) is 68.1. The first-order valence-electron chi connectivity index (χ1n) is 36.3. The first-order valence-corrected chi connectivity index (χ1v) is 36.3. The molecule has 1 unspecified atom stereocenters. The Morgan fingerprint density at radius 3 is 0.780 bits per heavy atom. The molecule has 0 aliphatic rings. The largest absolute Gasteiger partial charge is 0.462 e. The average Bonchev–Trinajstić information content (AvgIpc) is 3.47. The molecule has 478 valence electrons. The Hall–Kier alpha value is -2.89. The van der Waals surface area contributed by atoms with Gasteiger partial charge in [0.25, 0.3) is 0 Å². The third-order valence-electron chi connectivity index (χ3n) is 16.2. The second kappa shape index (κ2) is 70.6. The number of esters is 3. The van der Waals surface area contributed by atoms with Gasteiger partial charge in [0.05, 0.1) is 0 Å². The summed E-state index contributed by atoms with van der Waals surface area (Å²) in [6.45, 7) is 6.54. The van der Waals surface area contributed by atoms with Crippen LogP contribution in [0.25, 0.3) is 0 Å². The van der Waals surface area contributed by atoms with Crippen molar-refractivity contribution < 1.29 is 28.6 Å². The minimum absolute atomic E-state index is 0.0774. The highest BCUT2D eigenvalue weighted by Gasteiger charge is 2.19. The van der Waals surface area contributed by atoms with Crippen LogP contribution >= 0.6 is 0 Å². The van der Waals surface area contributed by atoms with Crippen LogP contribution < -0.4 is 0 Å². The summed E-state index contributed by atoms with van der Waals surface area (Å²) in [5.41, 5.74) is 0. The highest BCUT2D eigenvalue weighted by atomic mass is 16.6. The van der Waals surface area contributed by atoms with E-state index in [1.54, 1.807) is 0 Å². The van der Waals surface area contributed by atoms with Crippen molar-refractivity contribution in [2.75, 3.05) is 13.2 Å². The fourth-order valence-corrected chi connectivity index (χ4v) is 10.8. The molecule has 1 atom stereocenters. The van der Waals surface area contributed by atoms with E-state index < -0.39 is 6.10 Å². The molecule has 0 radical (unpaired) electrons. The molecule has 82 heavy (non-hydrogen) atoms. The smallest absolute Gasteiger partial charge is 0.306 e. The van der Waals surface area contributed by atoms with Crippen molar-refractivity contribution in [3.63, 3.8) is 0 Å². The van der Waals surface area contributed by atoms with Crippen molar-refractivity contribution >= 4 is 17.9 Å². The van der Waals surface area contributed by atoms with E-state index in [1.165, 1.54) is 257 Å². The van der Waals surface area contributed by atoms with E-state index in [0.717, 1.165) is 89.9 Å². The Balaban J connectivity index is 4.07. The van der Waals surface area contributed by atoms with Gasteiger partial charge in [0.1, 0.15) is 13.2 Å². The Labute approximate surface area is 510 Å². The Morgan fingerprint density at radius 2 is 0.476 bits per heavy atom. The van der Waals surface area contributed by atoms with Gasteiger partial charge < -0.3 is 14.2 Å². The quantitative estimate of drug-likeness (QED) is 0.0261. The topological polar surface area (TPSA) is 78.9 Å². The van der Waals surface area contributed by atoms with Crippen molar-refractivity contribution in [2.24, 2.45) is 0 Å². The lowest BCUT2D eigenvalue weighted by Gasteiger charge is -2.18. The summed E-state index contributed by atoms with van der Waals surface area (Å²) in [6.07, 6.45) is 91.4. The van der Waals surface area contributed by atoms with Gasteiger partial charge in [0, 0.05) is 19.3 Å². The molecule has 0 rings (SSSR count). The molecule has 0 aromatic heterocycles. The first kappa shape index (κ1) is 79.1. The van der Waals surface area contributed by atoms with Gasteiger partial charge in [0.2, 0.25) is 0 Å². The standard InChI is InChI=1S/C76H138O6/c1-4-7-10-13-16-19-22-25-27-29-30-31-32-33-34-35-36-37-38-39-40-41-42-43-44-45-46-48-49-51-54-57-60-63-66-69-75(78)81-72-73(71-80-74(77)68-65-62-59-56-53-24-21-18-15-12-9-6-3)82-76(79)70-67-64-61-58-55-52-50-47-28-26-23-20-17-14-11-8-5-2/h8,11,17-18,20-21,26,28-30,73H,4-7,9-10,12-16,19,22-25,27,31-72H2,1-3H3/b11-8-,20-17-,21-18-,28-26-,30-29-.